The minimum atomic E-state index is -0.182. The largest absolute Gasteiger partial charge is 0.487 e. The maximum Gasteiger partial charge on any atom is 0.257 e. The highest BCUT2D eigenvalue weighted by Crippen LogP contribution is 2.31. The van der Waals surface area contributed by atoms with Crippen LogP contribution in [0.1, 0.15) is 42.3 Å². The lowest BCUT2D eigenvalue weighted by Crippen LogP contribution is -2.48. The molecule has 0 aromatic heterocycles. The van der Waals surface area contributed by atoms with E-state index in [1.165, 1.54) is 0 Å². The van der Waals surface area contributed by atoms with Crippen LogP contribution >= 0.6 is 0 Å². The third kappa shape index (κ3) is 5.87. The molecule has 0 saturated heterocycles. The highest BCUT2D eigenvalue weighted by Gasteiger charge is 2.33. The van der Waals surface area contributed by atoms with Gasteiger partial charge in [-0.25, -0.2) is 0 Å². The van der Waals surface area contributed by atoms with E-state index in [0.717, 1.165) is 23.6 Å². The molecule has 0 aliphatic carbocycles. The maximum atomic E-state index is 13.3. The van der Waals surface area contributed by atoms with Gasteiger partial charge in [-0.1, -0.05) is 43.3 Å². The highest BCUT2D eigenvalue weighted by atomic mass is 16.5. The number of fused-ring (bicyclic) bond motifs is 1. The zero-order valence-electron chi connectivity index (χ0n) is 21.3. The Morgan fingerprint density at radius 1 is 1.06 bits per heavy atom. The number of rotatable bonds is 7. The number of hydrogen-bond donors (Lipinski definition) is 0. The fourth-order valence-electron chi connectivity index (χ4n) is 4.49. The van der Waals surface area contributed by atoms with Crippen LogP contribution in [0.5, 0.6) is 17.2 Å². The molecule has 36 heavy (non-hydrogen) atoms. The van der Waals surface area contributed by atoms with Crippen LogP contribution in [0.25, 0.3) is 0 Å². The van der Waals surface area contributed by atoms with Crippen molar-refractivity contribution < 1.29 is 14.3 Å². The van der Waals surface area contributed by atoms with Crippen molar-refractivity contribution in [3.05, 3.63) is 89.5 Å². The van der Waals surface area contributed by atoms with Crippen LogP contribution in [0, 0.1) is 17.2 Å². The average molecular weight is 484 g/mol. The van der Waals surface area contributed by atoms with E-state index >= 15 is 0 Å². The zero-order chi connectivity index (χ0) is 25.7. The molecule has 1 amide bonds. The molecule has 0 N–H and O–H groups in total. The SMILES string of the molecule is CC(C)N1C[C@@H](C)[C@H](CN(C)Cc2ccc(Oc3ccccc3)cc2)Oc2c(C#N)cccc2C1=O. The van der Waals surface area contributed by atoms with E-state index < -0.39 is 0 Å². The van der Waals surface area contributed by atoms with Crippen LogP contribution in [0.2, 0.25) is 0 Å². The minimum Gasteiger partial charge on any atom is -0.487 e. The molecule has 3 aromatic carbocycles. The Morgan fingerprint density at radius 3 is 2.42 bits per heavy atom. The number of amides is 1. The molecule has 0 unspecified atom stereocenters. The zero-order valence-corrected chi connectivity index (χ0v) is 21.3. The van der Waals surface area contributed by atoms with Crippen LogP contribution in [-0.4, -0.2) is 48.0 Å². The predicted octanol–water partition coefficient (Wildman–Crippen LogP) is 5.73. The quantitative estimate of drug-likeness (QED) is 0.429. The number of hydrogen-bond acceptors (Lipinski definition) is 5. The number of carbonyl (C=O) groups is 1. The standard InChI is InChI=1S/C30H33N3O3/c1-21(2)33-18-22(3)28(36-29-24(17-31)9-8-12-27(29)30(33)34)20-32(4)19-23-13-15-26(16-14-23)35-25-10-6-5-7-11-25/h5-16,21-22,28H,18-20H2,1-4H3/t22-,28+/m1/s1. The summed E-state index contributed by atoms with van der Waals surface area (Å²) in [4.78, 5) is 17.4. The van der Waals surface area contributed by atoms with E-state index in [-0.39, 0.29) is 24.0 Å². The van der Waals surface area contributed by atoms with Gasteiger partial charge in [0.15, 0.2) is 0 Å². The third-order valence-corrected chi connectivity index (χ3v) is 6.49. The number of ether oxygens (including phenoxy) is 2. The number of benzene rings is 3. The van der Waals surface area contributed by atoms with Gasteiger partial charge in [0.05, 0.1) is 11.1 Å². The van der Waals surface area contributed by atoms with Gasteiger partial charge in [0, 0.05) is 31.6 Å². The van der Waals surface area contributed by atoms with Gasteiger partial charge in [0.25, 0.3) is 5.91 Å². The average Bonchev–Trinajstić information content (AvgIpc) is 2.87. The molecule has 6 nitrogen and oxygen atoms in total. The monoisotopic (exact) mass is 483 g/mol. The lowest BCUT2D eigenvalue weighted by atomic mass is 9.98. The molecule has 0 spiro atoms. The van der Waals surface area contributed by atoms with Gasteiger partial charge < -0.3 is 14.4 Å². The molecule has 0 radical (unpaired) electrons. The summed E-state index contributed by atoms with van der Waals surface area (Å²) in [5.74, 6) is 1.99. The summed E-state index contributed by atoms with van der Waals surface area (Å²) in [5.41, 5.74) is 2.00. The van der Waals surface area contributed by atoms with E-state index in [0.29, 0.717) is 30.0 Å². The van der Waals surface area contributed by atoms with Crippen molar-refractivity contribution in [1.29, 1.82) is 5.26 Å². The Bertz CT molecular complexity index is 1220. The van der Waals surface area contributed by atoms with Crippen molar-refractivity contribution >= 4 is 5.91 Å². The fourth-order valence-corrected chi connectivity index (χ4v) is 4.49. The lowest BCUT2D eigenvalue weighted by Gasteiger charge is -2.38. The molecule has 1 aliphatic heterocycles. The van der Waals surface area contributed by atoms with E-state index in [2.05, 4.69) is 37.1 Å². The first-order valence-corrected chi connectivity index (χ1v) is 12.4. The van der Waals surface area contributed by atoms with Gasteiger partial charge >= 0.3 is 0 Å². The number of nitrogens with zero attached hydrogens (tertiary/aromatic N) is 3. The van der Waals surface area contributed by atoms with Crippen molar-refractivity contribution in [2.45, 2.75) is 39.5 Å². The molecule has 0 bridgehead atoms. The summed E-state index contributed by atoms with van der Waals surface area (Å²) in [6.07, 6.45) is -0.182. The first-order chi connectivity index (χ1) is 17.4. The topological polar surface area (TPSA) is 65.8 Å². The maximum absolute atomic E-state index is 13.3. The van der Waals surface area contributed by atoms with Gasteiger partial charge in [0.2, 0.25) is 0 Å². The van der Waals surface area contributed by atoms with E-state index in [9.17, 15) is 10.1 Å². The Labute approximate surface area is 213 Å². The number of likely N-dealkylation sites (N-methyl/N-ethyl adjacent to an activating group) is 1. The molecular weight excluding hydrogens is 450 g/mol. The Kier molecular flexibility index (Phi) is 7.92. The van der Waals surface area contributed by atoms with Gasteiger partial charge in [0.1, 0.15) is 29.4 Å². The Morgan fingerprint density at radius 2 is 1.75 bits per heavy atom. The minimum absolute atomic E-state index is 0.0478. The molecule has 1 aliphatic rings. The van der Waals surface area contributed by atoms with Gasteiger partial charge in [-0.05, 0) is 62.9 Å². The normalized spacial score (nSPS) is 17.7. The van der Waals surface area contributed by atoms with Crippen molar-refractivity contribution in [2.75, 3.05) is 20.1 Å². The highest BCUT2D eigenvalue weighted by molar-refractivity contribution is 5.98. The predicted molar refractivity (Wildman–Crippen MR) is 140 cm³/mol. The summed E-state index contributed by atoms with van der Waals surface area (Å²) in [6, 6.07) is 25.3. The lowest BCUT2D eigenvalue weighted by molar-refractivity contribution is 0.0429. The van der Waals surface area contributed by atoms with Gasteiger partial charge in [-0.2, -0.15) is 5.26 Å². The van der Waals surface area contributed by atoms with Crippen LogP contribution in [0.15, 0.2) is 72.8 Å². The van der Waals surface area contributed by atoms with E-state index in [4.69, 9.17) is 9.47 Å². The van der Waals surface area contributed by atoms with Crippen LogP contribution < -0.4 is 9.47 Å². The molecule has 4 rings (SSSR count). The van der Waals surface area contributed by atoms with Crippen LogP contribution in [-0.2, 0) is 6.54 Å². The first-order valence-electron chi connectivity index (χ1n) is 12.4. The van der Waals surface area contributed by atoms with Gasteiger partial charge in [-0.15, -0.1) is 0 Å². The second-order valence-electron chi connectivity index (χ2n) is 9.73. The summed E-state index contributed by atoms with van der Waals surface area (Å²) in [5, 5.41) is 9.69. The molecule has 186 valence electrons. The molecule has 1 heterocycles. The van der Waals surface area contributed by atoms with Crippen molar-refractivity contribution in [1.82, 2.24) is 9.80 Å². The summed E-state index contributed by atoms with van der Waals surface area (Å²) in [7, 11) is 2.06. The third-order valence-electron chi connectivity index (χ3n) is 6.49. The van der Waals surface area contributed by atoms with Crippen LogP contribution in [0.4, 0.5) is 0 Å². The number of carbonyl (C=O) groups excluding carboxylic acids is 1. The van der Waals surface area contributed by atoms with Gasteiger partial charge in [-0.3, -0.25) is 9.69 Å². The second kappa shape index (κ2) is 11.3. The molecule has 0 fully saturated rings. The first kappa shape index (κ1) is 25.3. The van der Waals surface area contributed by atoms with Crippen molar-refractivity contribution in [3.8, 4) is 23.3 Å². The molecule has 0 saturated carbocycles. The van der Waals surface area contributed by atoms with E-state index in [1.807, 2.05) is 61.2 Å². The fraction of sp³-hybridized carbons (Fsp3) is 0.333. The van der Waals surface area contributed by atoms with Crippen molar-refractivity contribution in [3.63, 3.8) is 0 Å². The van der Waals surface area contributed by atoms with Crippen molar-refractivity contribution in [2.24, 2.45) is 5.92 Å². The summed E-state index contributed by atoms with van der Waals surface area (Å²) < 4.78 is 12.3. The Balaban J connectivity index is 1.49. The van der Waals surface area contributed by atoms with Crippen LogP contribution in [0.3, 0.4) is 0 Å². The number of para-hydroxylation sites is 2. The second-order valence-corrected chi connectivity index (χ2v) is 9.73. The Hall–Kier alpha value is -3.82. The van der Waals surface area contributed by atoms with E-state index in [1.54, 1.807) is 18.2 Å². The summed E-state index contributed by atoms with van der Waals surface area (Å²) >= 11 is 0. The molecule has 6 heteroatoms. The molecule has 3 aromatic rings. The smallest absolute Gasteiger partial charge is 0.257 e. The number of nitriles is 1. The molecular formula is C30H33N3O3. The summed E-state index contributed by atoms with van der Waals surface area (Å²) in [6.45, 7) is 8.13. The molecule has 2 atom stereocenters.